The molecule has 0 aromatic heterocycles. The molecule has 1 rings (SSSR count). The molecule has 5 heteroatoms. The Morgan fingerprint density at radius 1 is 0.793 bits per heavy atom. The Morgan fingerprint density at radius 2 is 1.38 bits per heavy atom. The van der Waals surface area contributed by atoms with Crippen molar-refractivity contribution in [3.05, 3.63) is 35.9 Å². The van der Waals surface area contributed by atoms with Gasteiger partial charge in [0, 0.05) is 32.3 Å². The number of rotatable bonds is 19. The summed E-state index contributed by atoms with van der Waals surface area (Å²) in [4.78, 5) is 0. The summed E-state index contributed by atoms with van der Waals surface area (Å²) in [6.07, 6.45) is 8.98. The van der Waals surface area contributed by atoms with Crippen molar-refractivity contribution in [3.8, 4) is 0 Å². The van der Waals surface area contributed by atoms with Crippen LogP contribution in [0.15, 0.2) is 30.3 Å². The molecular weight excluding hydrogens is 368 g/mol. The summed E-state index contributed by atoms with van der Waals surface area (Å²) >= 11 is 0. The second-order valence-electron chi connectivity index (χ2n) is 7.48. The van der Waals surface area contributed by atoms with Crippen molar-refractivity contribution >= 4 is 0 Å². The quantitative estimate of drug-likeness (QED) is 0.259. The Balaban J connectivity index is 3.01. The van der Waals surface area contributed by atoms with Crippen LogP contribution < -0.4 is 0 Å². The molecule has 168 valence electrons. The van der Waals surface area contributed by atoms with E-state index in [0.717, 1.165) is 18.4 Å². The fourth-order valence-electron chi connectivity index (χ4n) is 3.75. The molecule has 0 amide bonds. The van der Waals surface area contributed by atoms with Gasteiger partial charge in [0.2, 0.25) is 0 Å². The van der Waals surface area contributed by atoms with E-state index in [2.05, 4.69) is 6.92 Å². The molecule has 1 N–H and O–H groups in total. The zero-order valence-electron chi connectivity index (χ0n) is 18.7. The molecule has 0 heterocycles. The van der Waals surface area contributed by atoms with Gasteiger partial charge in [-0.05, 0) is 12.8 Å². The molecular formula is C24H42O5. The lowest BCUT2D eigenvalue weighted by molar-refractivity contribution is -0.287. The maximum atomic E-state index is 9.80. The molecule has 0 saturated carbocycles. The van der Waals surface area contributed by atoms with Crippen LogP contribution in [0.2, 0.25) is 0 Å². The molecule has 5 nitrogen and oxygen atoms in total. The molecule has 0 bridgehead atoms. The number of benzene rings is 1. The third kappa shape index (κ3) is 9.58. The van der Waals surface area contributed by atoms with Gasteiger partial charge in [-0.3, -0.25) is 0 Å². The highest BCUT2D eigenvalue weighted by Gasteiger charge is 2.42. The monoisotopic (exact) mass is 410 g/mol. The number of aliphatic hydroxyl groups is 1. The van der Waals surface area contributed by atoms with Gasteiger partial charge in [0.25, 0.3) is 0 Å². The van der Waals surface area contributed by atoms with E-state index < -0.39 is 5.79 Å². The van der Waals surface area contributed by atoms with E-state index in [-0.39, 0.29) is 12.5 Å². The Bertz CT molecular complexity index is 469. The van der Waals surface area contributed by atoms with Crippen LogP contribution in [0.5, 0.6) is 0 Å². The van der Waals surface area contributed by atoms with Crippen LogP contribution in [0, 0.1) is 5.92 Å². The van der Waals surface area contributed by atoms with Gasteiger partial charge in [0.05, 0.1) is 26.4 Å². The number of methoxy groups -OCH3 is 2. The highest BCUT2D eigenvalue weighted by atomic mass is 16.7. The Labute approximate surface area is 177 Å². The van der Waals surface area contributed by atoms with Gasteiger partial charge >= 0.3 is 0 Å². The second kappa shape index (κ2) is 16.8. The van der Waals surface area contributed by atoms with Gasteiger partial charge in [0.1, 0.15) is 0 Å². The molecule has 0 aliphatic heterocycles. The minimum Gasteiger partial charge on any atom is -0.396 e. The summed E-state index contributed by atoms with van der Waals surface area (Å²) in [6.45, 7) is 4.18. The average Bonchev–Trinajstić information content (AvgIpc) is 2.75. The van der Waals surface area contributed by atoms with Crippen molar-refractivity contribution in [2.45, 2.75) is 64.1 Å². The smallest absolute Gasteiger partial charge is 0.197 e. The third-order valence-electron chi connectivity index (χ3n) is 5.31. The highest BCUT2D eigenvalue weighted by molar-refractivity contribution is 5.21. The lowest BCUT2D eigenvalue weighted by Gasteiger charge is -2.41. The molecule has 0 fully saturated rings. The molecule has 0 aliphatic rings. The van der Waals surface area contributed by atoms with E-state index in [1.165, 1.54) is 32.1 Å². The normalized spacial score (nSPS) is 13.0. The van der Waals surface area contributed by atoms with Crippen LogP contribution in [0.4, 0.5) is 0 Å². The van der Waals surface area contributed by atoms with E-state index in [0.29, 0.717) is 32.8 Å². The van der Waals surface area contributed by atoms with Gasteiger partial charge in [-0.15, -0.1) is 0 Å². The lowest BCUT2D eigenvalue weighted by Crippen LogP contribution is -2.43. The van der Waals surface area contributed by atoms with E-state index in [4.69, 9.17) is 18.9 Å². The molecule has 1 aromatic rings. The number of hydrogen-bond acceptors (Lipinski definition) is 5. The maximum Gasteiger partial charge on any atom is 0.197 e. The van der Waals surface area contributed by atoms with Gasteiger partial charge < -0.3 is 24.1 Å². The zero-order valence-corrected chi connectivity index (χ0v) is 18.7. The summed E-state index contributed by atoms with van der Waals surface area (Å²) in [7, 11) is 3.34. The van der Waals surface area contributed by atoms with Crippen LogP contribution in [0.3, 0.4) is 0 Å². The van der Waals surface area contributed by atoms with Gasteiger partial charge in [-0.2, -0.15) is 0 Å². The number of unbranched alkanes of at least 4 members (excludes halogenated alkanes) is 5. The van der Waals surface area contributed by atoms with E-state index >= 15 is 0 Å². The van der Waals surface area contributed by atoms with Gasteiger partial charge in [0.15, 0.2) is 5.79 Å². The van der Waals surface area contributed by atoms with Crippen molar-refractivity contribution < 1.29 is 24.1 Å². The van der Waals surface area contributed by atoms with Crippen LogP contribution >= 0.6 is 0 Å². The SMILES string of the molecule is CCCCCCCCC(CCO)C(OCCOC)(OCCOC)c1ccccc1. The van der Waals surface area contributed by atoms with E-state index in [9.17, 15) is 5.11 Å². The molecule has 1 atom stereocenters. The third-order valence-corrected chi connectivity index (χ3v) is 5.31. The van der Waals surface area contributed by atoms with Crippen molar-refractivity contribution in [1.82, 2.24) is 0 Å². The van der Waals surface area contributed by atoms with Gasteiger partial charge in [-0.25, -0.2) is 0 Å². The second-order valence-corrected chi connectivity index (χ2v) is 7.48. The van der Waals surface area contributed by atoms with Crippen molar-refractivity contribution in [2.24, 2.45) is 5.92 Å². The lowest BCUT2D eigenvalue weighted by atomic mass is 9.84. The first-order chi connectivity index (χ1) is 14.2. The summed E-state index contributed by atoms with van der Waals surface area (Å²) in [5, 5.41) is 9.80. The first kappa shape index (κ1) is 26.1. The van der Waals surface area contributed by atoms with Crippen molar-refractivity contribution in [3.63, 3.8) is 0 Å². The summed E-state index contributed by atoms with van der Waals surface area (Å²) in [5.74, 6) is -0.862. The molecule has 0 radical (unpaired) electrons. The van der Waals surface area contributed by atoms with Crippen molar-refractivity contribution in [1.29, 1.82) is 0 Å². The Hall–Kier alpha value is -0.980. The number of hydrogen-bond donors (Lipinski definition) is 1. The van der Waals surface area contributed by atoms with Crippen molar-refractivity contribution in [2.75, 3.05) is 47.3 Å². The highest BCUT2D eigenvalue weighted by Crippen LogP contribution is 2.40. The predicted octanol–water partition coefficient (Wildman–Crippen LogP) is 4.91. The average molecular weight is 411 g/mol. The Kier molecular flexibility index (Phi) is 15.1. The molecule has 0 saturated heterocycles. The molecule has 0 spiro atoms. The zero-order chi connectivity index (χ0) is 21.2. The van der Waals surface area contributed by atoms with Crippen LogP contribution in [0.25, 0.3) is 0 Å². The summed E-state index contributed by atoms with van der Waals surface area (Å²) < 4.78 is 23.2. The summed E-state index contributed by atoms with van der Waals surface area (Å²) in [5.41, 5.74) is 0.983. The fourth-order valence-corrected chi connectivity index (χ4v) is 3.75. The standard InChI is InChI=1S/C24H42O5/c1-4-5-6-7-8-10-15-23(16-17-25)24(28-20-18-26-2,29-21-19-27-3)22-13-11-9-12-14-22/h9,11-14,23,25H,4-8,10,15-21H2,1-3H3. The molecule has 1 unspecified atom stereocenters. The minimum absolute atomic E-state index is 0.0507. The first-order valence-corrected chi connectivity index (χ1v) is 11.2. The Morgan fingerprint density at radius 3 is 1.93 bits per heavy atom. The fraction of sp³-hybridized carbons (Fsp3) is 0.750. The van der Waals surface area contributed by atoms with Crippen LogP contribution in [0.1, 0.15) is 63.9 Å². The number of aliphatic hydroxyl groups excluding tert-OH is 1. The molecule has 1 aromatic carbocycles. The predicted molar refractivity (Wildman–Crippen MR) is 117 cm³/mol. The molecule has 29 heavy (non-hydrogen) atoms. The topological polar surface area (TPSA) is 57.2 Å². The minimum atomic E-state index is -0.912. The number of ether oxygens (including phenoxy) is 4. The molecule has 0 aliphatic carbocycles. The van der Waals surface area contributed by atoms with Crippen LogP contribution in [-0.4, -0.2) is 52.4 Å². The van der Waals surface area contributed by atoms with E-state index in [1.807, 2.05) is 30.3 Å². The van der Waals surface area contributed by atoms with E-state index in [1.54, 1.807) is 14.2 Å². The largest absolute Gasteiger partial charge is 0.396 e. The first-order valence-electron chi connectivity index (χ1n) is 11.2. The van der Waals surface area contributed by atoms with Crippen LogP contribution in [-0.2, 0) is 24.7 Å². The summed E-state index contributed by atoms with van der Waals surface area (Å²) in [6, 6.07) is 10.1. The maximum absolute atomic E-state index is 9.80. The van der Waals surface area contributed by atoms with Gasteiger partial charge in [-0.1, -0.05) is 75.8 Å².